The van der Waals surface area contributed by atoms with Crippen LogP contribution in [0.4, 0.5) is 0 Å². The molecule has 1 aromatic heterocycles. The number of nitrogens with one attached hydrogen (secondary N) is 1. The SMILES string of the molecule is CCNC(=NCCc1cc(OC)ccc1OC)N(C)Cc1cn(C)nc1C(C)C.I. The Balaban J connectivity index is 0.00000450. The molecule has 0 spiro atoms. The lowest BCUT2D eigenvalue weighted by atomic mass is 10.1. The lowest BCUT2D eigenvalue weighted by Crippen LogP contribution is -2.38. The van der Waals surface area contributed by atoms with Crippen molar-refractivity contribution in [2.45, 2.75) is 39.7 Å². The van der Waals surface area contributed by atoms with Crippen molar-refractivity contribution in [1.29, 1.82) is 0 Å². The molecule has 0 bridgehead atoms. The molecule has 0 aliphatic rings. The van der Waals surface area contributed by atoms with Crippen molar-refractivity contribution in [3.05, 3.63) is 41.2 Å². The third-order valence-corrected chi connectivity index (χ3v) is 4.72. The lowest BCUT2D eigenvalue weighted by molar-refractivity contribution is 0.398. The Labute approximate surface area is 197 Å². The monoisotopic (exact) mass is 529 g/mol. The molecular weight excluding hydrogens is 493 g/mol. The van der Waals surface area contributed by atoms with E-state index in [-0.39, 0.29) is 24.0 Å². The summed E-state index contributed by atoms with van der Waals surface area (Å²) in [4.78, 5) is 6.97. The Morgan fingerprint density at radius 3 is 2.57 bits per heavy atom. The van der Waals surface area contributed by atoms with Crippen LogP contribution < -0.4 is 14.8 Å². The minimum Gasteiger partial charge on any atom is -0.497 e. The third-order valence-electron chi connectivity index (χ3n) is 4.72. The molecule has 8 heteroatoms. The van der Waals surface area contributed by atoms with Gasteiger partial charge in [0.25, 0.3) is 0 Å². The zero-order valence-corrected chi connectivity index (χ0v) is 21.6. The van der Waals surface area contributed by atoms with Crippen molar-refractivity contribution in [1.82, 2.24) is 20.0 Å². The van der Waals surface area contributed by atoms with E-state index >= 15 is 0 Å². The highest BCUT2D eigenvalue weighted by atomic mass is 127. The number of methoxy groups -OCH3 is 2. The number of guanidine groups is 1. The van der Waals surface area contributed by atoms with Crippen LogP contribution in [-0.4, -0.2) is 55.0 Å². The highest BCUT2D eigenvalue weighted by Gasteiger charge is 2.15. The molecule has 0 unspecified atom stereocenters. The molecule has 0 amide bonds. The van der Waals surface area contributed by atoms with Crippen LogP contribution in [0.3, 0.4) is 0 Å². The molecule has 1 N–H and O–H groups in total. The summed E-state index contributed by atoms with van der Waals surface area (Å²) in [5.74, 6) is 2.95. The molecule has 168 valence electrons. The summed E-state index contributed by atoms with van der Waals surface area (Å²) in [6.07, 6.45) is 2.86. The normalized spacial score (nSPS) is 11.3. The van der Waals surface area contributed by atoms with E-state index < -0.39 is 0 Å². The maximum absolute atomic E-state index is 5.47. The number of rotatable bonds is 9. The van der Waals surface area contributed by atoms with Gasteiger partial charge in [0.15, 0.2) is 5.96 Å². The number of aliphatic imine (C=N–C) groups is 1. The summed E-state index contributed by atoms with van der Waals surface area (Å²) < 4.78 is 12.7. The van der Waals surface area contributed by atoms with Crippen LogP contribution in [0.2, 0.25) is 0 Å². The number of hydrogen-bond acceptors (Lipinski definition) is 4. The molecule has 30 heavy (non-hydrogen) atoms. The molecule has 0 aliphatic carbocycles. The summed E-state index contributed by atoms with van der Waals surface area (Å²) in [5, 5.41) is 8.00. The van der Waals surface area contributed by atoms with Gasteiger partial charge in [-0.25, -0.2) is 0 Å². The smallest absolute Gasteiger partial charge is 0.193 e. The van der Waals surface area contributed by atoms with Crippen LogP contribution in [0.1, 0.15) is 43.5 Å². The number of benzene rings is 1. The standard InChI is InChI=1S/C22H35N5O2.HI/c1-8-23-22(26(4)14-18-15-27(5)25-21(18)16(2)3)24-12-11-17-13-19(28-6)9-10-20(17)29-7;/h9-10,13,15-16H,8,11-12,14H2,1-7H3,(H,23,24);1H. The fourth-order valence-corrected chi connectivity index (χ4v) is 3.32. The topological polar surface area (TPSA) is 63.9 Å². The van der Waals surface area contributed by atoms with E-state index in [2.05, 4.69) is 49.3 Å². The van der Waals surface area contributed by atoms with E-state index in [1.165, 1.54) is 5.56 Å². The highest BCUT2D eigenvalue weighted by Crippen LogP contribution is 2.24. The first-order valence-electron chi connectivity index (χ1n) is 10.1. The molecule has 0 aliphatic heterocycles. The number of ether oxygens (including phenoxy) is 2. The van der Waals surface area contributed by atoms with E-state index in [1.807, 2.05) is 29.9 Å². The fraction of sp³-hybridized carbons (Fsp3) is 0.545. The van der Waals surface area contributed by atoms with E-state index in [0.717, 1.165) is 48.2 Å². The maximum Gasteiger partial charge on any atom is 0.193 e. The number of aryl methyl sites for hydroxylation is 1. The summed E-state index contributed by atoms with van der Waals surface area (Å²) in [7, 11) is 7.39. The summed E-state index contributed by atoms with van der Waals surface area (Å²) >= 11 is 0. The van der Waals surface area contributed by atoms with E-state index in [4.69, 9.17) is 14.5 Å². The van der Waals surface area contributed by atoms with Gasteiger partial charge in [0.1, 0.15) is 11.5 Å². The molecule has 2 aromatic rings. The van der Waals surface area contributed by atoms with Gasteiger partial charge in [0.2, 0.25) is 0 Å². The number of aromatic nitrogens is 2. The maximum atomic E-state index is 5.47. The minimum absolute atomic E-state index is 0. The quantitative estimate of drug-likeness (QED) is 0.304. The molecular formula is C22H36IN5O2. The summed E-state index contributed by atoms with van der Waals surface area (Å²) in [6, 6.07) is 5.85. The highest BCUT2D eigenvalue weighted by molar-refractivity contribution is 14.0. The molecule has 0 fully saturated rings. The van der Waals surface area contributed by atoms with E-state index in [0.29, 0.717) is 12.5 Å². The van der Waals surface area contributed by atoms with Gasteiger partial charge in [-0.2, -0.15) is 5.10 Å². The van der Waals surface area contributed by atoms with Gasteiger partial charge in [0.05, 0.1) is 19.9 Å². The number of nitrogens with zero attached hydrogens (tertiary/aromatic N) is 4. The third kappa shape index (κ3) is 7.07. The second-order valence-electron chi connectivity index (χ2n) is 7.39. The van der Waals surface area contributed by atoms with Crippen LogP contribution in [-0.2, 0) is 20.0 Å². The van der Waals surface area contributed by atoms with Crippen molar-refractivity contribution >= 4 is 29.9 Å². The van der Waals surface area contributed by atoms with Gasteiger partial charge in [-0.05, 0) is 43.0 Å². The average Bonchev–Trinajstić information content (AvgIpc) is 3.07. The van der Waals surface area contributed by atoms with Crippen molar-refractivity contribution in [2.24, 2.45) is 12.0 Å². The Hall–Kier alpha value is -1.97. The van der Waals surface area contributed by atoms with Crippen LogP contribution in [0.25, 0.3) is 0 Å². The Morgan fingerprint density at radius 2 is 1.97 bits per heavy atom. The lowest BCUT2D eigenvalue weighted by Gasteiger charge is -2.22. The molecule has 0 saturated carbocycles. The Morgan fingerprint density at radius 1 is 1.23 bits per heavy atom. The van der Waals surface area contributed by atoms with Crippen molar-refractivity contribution < 1.29 is 9.47 Å². The van der Waals surface area contributed by atoms with Gasteiger partial charge < -0.3 is 19.7 Å². The second kappa shape index (κ2) is 12.7. The fourth-order valence-electron chi connectivity index (χ4n) is 3.32. The minimum atomic E-state index is 0. The van der Waals surface area contributed by atoms with Crippen LogP contribution in [0, 0.1) is 0 Å². The van der Waals surface area contributed by atoms with Crippen LogP contribution in [0.15, 0.2) is 29.4 Å². The first-order valence-corrected chi connectivity index (χ1v) is 10.1. The Bertz CT molecular complexity index is 820. The van der Waals surface area contributed by atoms with Gasteiger partial charge >= 0.3 is 0 Å². The molecule has 0 radical (unpaired) electrons. The van der Waals surface area contributed by atoms with Crippen LogP contribution >= 0.6 is 24.0 Å². The number of halogens is 1. The summed E-state index contributed by atoms with van der Waals surface area (Å²) in [5.41, 5.74) is 3.45. The first kappa shape index (κ1) is 26.1. The average molecular weight is 529 g/mol. The largest absolute Gasteiger partial charge is 0.497 e. The molecule has 2 rings (SSSR count). The van der Waals surface area contributed by atoms with Crippen molar-refractivity contribution in [2.75, 3.05) is 34.4 Å². The van der Waals surface area contributed by atoms with Gasteiger partial charge in [-0.1, -0.05) is 13.8 Å². The van der Waals surface area contributed by atoms with Crippen LogP contribution in [0.5, 0.6) is 11.5 Å². The number of hydrogen-bond donors (Lipinski definition) is 1. The summed E-state index contributed by atoms with van der Waals surface area (Å²) in [6.45, 7) is 8.66. The van der Waals surface area contributed by atoms with E-state index in [1.54, 1.807) is 14.2 Å². The molecule has 7 nitrogen and oxygen atoms in total. The first-order chi connectivity index (χ1) is 13.9. The molecule has 0 saturated heterocycles. The van der Waals surface area contributed by atoms with Gasteiger partial charge in [-0.15, -0.1) is 24.0 Å². The van der Waals surface area contributed by atoms with Gasteiger partial charge in [0, 0.05) is 45.5 Å². The Kier molecular flexibility index (Phi) is 11.0. The predicted molar refractivity (Wildman–Crippen MR) is 133 cm³/mol. The predicted octanol–water partition coefficient (Wildman–Crippen LogP) is 3.82. The second-order valence-corrected chi connectivity index (χ2v) is 7.39. The zero-order chi connectivity index (χ0) is 21.4. The van der Waals surface area contributed by atoms with E-state index in [9.17, 15) is 0 Å². The molecule has 1 aromatic carbocycles. The zero-order valence-electron chi connectivity index (χ0n) is 19.2. The van der Waals surface area contributed by atoms with Crippen molar-refractivity contribution in [3.8, 4) is 11.5 Å². The molecule has 0 atom stereocenters. The van der Waals surface area contributed by atoms with Gasteiger partial charge in [-0.3, -0.25) is 9.67 Å². The molecule has 1 heterocycles. The van der Waals surface area contributed by atoms with Crippen molar-refractivity contribution in [3.63, 3.8) is 0 Å².